The zero-order chi connectivity index (χ0) is 19.7. The maximum Gasteiger partial charge on any atom is 0.358 e. The van der Waals surface area contributed by atoms with E-state index in [2.05, 4.69) is 36.0 Å². The third-order valence-corrected chi connectivity index (χ3v) is 5.73. The van der Waals surface area contributed by atoms with E-state index in [0.29, 0.717) is 17.0 Å². The minimum absolute atomic E-state index is 0.0582. The number of nitrogens with one attached hydrogen (secondary N) is 1. The number of aromatic amines is 1. The molecule has 5 nitrogen and oxygen atoms in total. The number of nitriles is 1. The van der Waals surface area contributed by atoms with Crippen molar-refractivity contribution in [3.63, 3.8) is 0 Å². The molecule has 2 heterocycles. The third-order valence-electron chi connectivity index (χ3n) is 5.00. The molecule has 7 heteroatoms. The normalized spacial score (nSPS) is 18.4. The van der Waals surface area contributed by atoms with Gasteiger partial charge in [0.15, 0.2) is 5.69 Å². The topological polar surface area (TPSA) is 78.8 Å². The number of halogens is 2. The first-order chi connectivity index (χ1) is 12.9. The van der Waals surface area contributed by atoms with Gasteiger partial charge in [-0.1, -0.05) is 37.0 Å². The van der Waals surface area contributed by atoms with E-state index in [9.17, 15) is 10.1 Å². The second kappa shape index (κ2) is 7.75. The monoisotopic (exact) mass is 403 g/mol. The lowest BCUT2D eigenvalue weighted by Gasteiger charge is -2.23. The molecule has 2 unspecified atom stereocenters. The summed E-state index contributed by atoms with van der Waals surface area (Å²) in [4.78, 5) is 19.4. The fourth-order valence-electron chi connectivity index (χ4n) is 3.30. The Kier molecular flexibility index (Phi) is 5.59. The van der Waals surface area contributed by atoms with Gasteiger partial charge in [0.2, 0.25) is 0 Å². The second-order valence-electron chi connectivity index (χ2n) is 6.60. The van der Waals surface area contributed by atoms with E-state index >= 15 is 0 Å². The van der Waals surface area contributed by atoms with Gasteiger partial charge in [0, 0.05) is 29.6 Å². The van der Waals surface area contributed by atoms with Crippen molar-refractivity contribution in [3.05, 3.63) is 56.1 Å². The first-order valence-corrected chi connectivity index (χ1v) is 9.46. The summed E-state index contributed by atoms with van der Waals surface area (Å²) < 4.78 is 4.99. The molecule has 1 aliphatic rings. The molecule has 0 aliphatic heterocycles. The Hall–Kier alpha value is -2.29. The number of esters is 1. The maximum absolute atomic E-state index is 12.0. The minimum atomic E-state index is -0.574. The van der Waals surface area contributed by atoms with Crippen LogP contribution in [0.15, 0.2) is 17.8 Å². The van der Waals surface area contributed by atoms with Gasteiger partial charge in [-0.2, -0.15) is 5.26 Å². The molecular formula is C20H19Cl2N3O2. The van der Waals surface area contributed by atoms with Crippen molar-refractivity contribution in [2.75, 3.05) is 6.61 Å². The predicted molar refractivity (Wildman–Crippen MR) is 105 cm³/mol. The predicted octanol–water partition coefficient (Wildman–Crippen LogP) is 5.14. The molecule has 0 saturated heterocycles. The second-order valence-corrected chi connectivity index (χ2v) is 7.38. The quantitative estimate of drug-likeness (QED) is 0.716. The van der Waals surface area contributed by atoms with E-state index in [1.807, 2.05) is 6.08 Å². The largest absolute Gasteiger partial charge is 0.461 e. The standard InChI is InChI=1S/C20H19Cl2N3O2/c1-4-27-20(26)19-18(22)15(16(21)9-24-19)7-13-6-14-11(3)10(2)12(8-23)5-17(14)25-13/h5-6,9-11,25H,4,7H2,1-3H3. The third kappa shape index (κ3) is 3.60. The number of hydrogen-bond acceptors (Lipinski definition) is 4. The Morgan fingerprint density at radius 1 is 1.37 bits per heavy atom. The van der Waals surface area contributed by atoms with Crippen LogP contribution in [0.4, 0.5) is 0 Å². The number of nitrogens with zero attached hydrogens (tertiary/aromatic N) is 2. The summed E-state index contributed by atoms with van der Waals surface area (Å²) in [5.41, 5.74) is 4.41. The highest BCUT2D eigenvalue weighted by Gasteiger charge is 2.27. The number of allylic oxidation sites excluding steroid dienone is 1. The minimum Gasteiger partial charge on any atom is -0.461 e. The van der Waals surface area contributed by atoms with E-state index < -0.39 is 5.97 Å². The lowest BCUT2D eigenvalue weighted by atomic mass is 9.79. The van der Waals surface area contributed by atoms with E-state index in [4.69, 9.17) is 27.9 Å². The average molecular weight is 404 g/mol. The molecule has 2 atom stereocenters. The van der Waals surface area contributed by atoms with E-state index in [-0.39, 0.29) is 29.2 Å². The van der Waals surface area contributed by atoms with Crippen LogP contribution in [0.1, 0.15) is 59.7 Å². The molecule has 0 aromatic carbocycles. The Morgan fingerprint density at radius 2 is 2.11 bits per heavy atom. The molecule has 0 spiro atoms. The molecule has 1 aliphatic carbocycles. The van der Waals surface area contributed by atoms with Crippen LogP contribution in [0.2, 0.25) is 10.0 Å². The molecular weight excluding hydrogens is 385 g/mol. The van der Waals surface area contributed by atoms with E-state index in [1.54, 1.807) is 6.92 Å². The molecule has 27 heavy (non-hydrogen) atoms. The number of H-pyrrole nitrogens is 1. The van der Waals surface area contributed by atoms with Crippen LogP contribution in [0.5, 0.6) is 0 Å². The Balaban J connectivity index is 1.97. The molecule has 0 saturated carbocycles. The van der Waals surface area contributed by atoms with Crippen LogP contribution in [-0.2, 0) is 11.2 Å². The van der Waals surface area contributed by atoms with Gasteiger partial charge in [-0.15, -0.1) is 0 Å². The Bertz CT molecular complexity index is 972. The lowest BCUT2D eigenvalue weighted by molar-refractivity contribution is 0.0519. The van der Waals surface area contributed by atoms with E-state index in [0.717, 1.165) is 22.5 Å². The molecule has 0 fully saturated rings. The fraction of sp³-hybridized carbons (Fsp3) is 0.350. The van der Waals surface area contributed by atoms with Crippen molar-refractivity contribution in [2.45, 2.75) is 33.1 Å². The summed E-state index contributed by atoms with van der Waals surface area (Å²) in [6.45, 7) is 6.12. The van der Waals surface area contributed by atoms with Gasteiger partial charge >= 0.3 is 5.97 Å². The fourth-order valence-corrected chi connectivity index (χ4v) is 3.85. The van der Waals surface area contributed by atoms with Crippen molar-refractivity contribution in [3.8, 4) is 6.07 Å². The number of ether oxygens (including phenoxy) is 1. The molecule has 2 aromatic heterocycles. The molecule has 0 amide bonds. The number of aromatic nitrogens is 2. The lowest BCUT2D eigenvalue weighted by Crippen LogP contribution is -2.12. The summed E-state index contributed by atoms with van der Waals surface area (Å²) >= 11 is 12.7. The van der Waals surface area contributed by atoms with Crippen LogP contribution in [0, 0.1) is 17.2 Å². The van der Waals surface area contributed by atoms with Gasteiger partial charge in [0.25, 0.3) is 0 Å². The van der Waals surface area contributed by atoms with Crippen molar-refractivity contribution < 1.29 is 9.53 Å². The summed E-state index contributed by atoms with van der Waals surface area (Å²) in [5, 5.41) is 9.91. The van der Waals surface area contributed by atoms with Crippen LogP contribution in [-0.4, -0.2) is 22.5 Å². The molecule has 2 aromatic rings. The first kappa shape index (κ1) is 19.5. The van der Waals surface area contributed by atoms with Gasteiger partial charge in [-0.3, -0.25) is 0 Å². The number of hydrogen-bond donors (Lipinski definition) is 1. The van der Waals surface area contributed by atoms with Crippen molar-refractivity contribution in [1.82, 2.24) is 9.97 Å². The summed E-state index contributed by atoms with van der Waals surface area (Å²) in [6.07, 6.45) is 3.72. The summed E-state index contributed by atoms with van der Waals surface area (Å²) in [5.74, 6) is -0.187. The Labute approximate surface area is 168 Å². The highest BCUT2D eigenvalue weighted by molar-refractivity contribution is 6.37. The highest BCUT2D eigenvalue weighted by Crippen LogP contribution is 2.39. The van der Waals surface area contributed by atoms with Crippen molar-refractivity contribution in [1.29, 1.82) is 5.26 Å². The van der Waals surface area contributed by atoms with Crippen LogP contribution in [0.3, 0.4) is 0 Å². The van der Waals surface area contributed by atoms with Crippen LogP contribution in [0.25, 0.3) is 6.08 Å². The number of carbonyl (C=O) groups is 1. The number of pyridine rings is 1. The Morgan fingerprint density at radius 3 is 2.78 bits per heavy atom. The highest BCUT2D eigenvalue weighted by atomic mass is 35.5. The number of carbonyl (C=O) groups excluding carboxylic acids is 1. The zero-order valence-corrected chi connectivity index (χ0v) is 16.8. The maximum atomic E-state index is 12.0. The van der Waals surface area contributed by atoms with E-state index in [1.165, 1.54) is 6.20 Å². The first-order valence-electron chi connectivity index (χ1n) is 8.70. The van der Waals surface area contributed by atoms with Gasteiger partial charge in [0.05, 0.1) is 22.7 Å². The summed E-state index contributed by atoms with van der Waals surface area (Å²) in [7, 11) is 0. The molecule has 0 bridgehead atoms. The summed E-state index contributed by atoms with van der Waals surface area (Å²) in [6, 6.07) is 4.34. The average Bonchev–Trinajstić information content (AvgIpc) is 3.04. The zero-order valence-electron chi connectivity index (χ0n) is 15.3. The molecule has 0 radical (unpaired) electrons. The molecule has 1 N–H and O–H groups in total. The number of rotatable bonds is 4. The van der Waals surface area contributed by atoms with Gasteiger partial charge in [-0.25, -0.2) is 9.78 Å². The van der Waals surface area contributed by atoms with Crippen LogP contribution < -0.4 is 0 Å². The smallest absolute Gasteiger partial charge is 0.358 e. The van der Waals surface area contributed by atoms with Crippen molar-refractivity contribution >= 4 is 35.2 Å². The van der Waals surface area contributed by atoms with Gasteiger partial charge in [-0.05, 0) is 42.0 Å². The molecule has 3 rings (SSSR count). The SMILES string of the molecule is CCOC(=O)c1ncc(Cl)c(Cc2cc3c([nH]2)C=C(C#N)C(C)C3C)c1Cl. The van der Waals surface area contributed by atoms with Crippen molar-refractivity contribution in [2.24, 2.45) is 5.92 Å². The van der Waals surface area contributed by atoms with Crippen LogP contribution >= 0.6 is 23.2 Å². The molecule has 140 valence electrons. The number of fused-ring (bicyclic) bond motifs is 1. The van der Waals surface area contributed by atoms with Gasteiger partial charge in [0.1, 0.15) is 0 Å². The van der Waals surface area contributed by atoms with Gasteiger partial charge < -0.3 is 9.72 Å².